The minimum atomic E-state index is -2.46. The number of amides is 1. The first-order valence-corrected chi connectivity index (χ1v) is 32.3. The van der Waals surface area contributed by atoms with E-state index < -0.39 is 80.2 Å². The van der Waals surface area contributed by atoms with E-state index >= 15 is 0 Å². The van der Waals surface area contributed by atoms with E-state index in [-0.39, 0.29) is 84.9 Å². The van der Waals surface area contributed by atoms with E-state index in [1.54, 1.807) is 34.1 Å². The number of carbonyl (C=O) groups is 5. The molecule has 3 fully saturated rings. The Morgan fingerprint density at radius 3 is 2.15 bits per heavy atom. The summed E-state index contributed by atoms with van der Waals surface area (Å²) in [4.78, 5) is 73.8. The zero-order valence-corrected chi connectivity index (χ0v) is 52.2. The fourth-order valence-corrected chi connectivity index (χ4v) is 12.9. The van der Waals surface area contributed by atoms with Gasteiger partial charge in [0.15, 0.2) is 14.1 Å². The van der Waals surface area contributed by atoms with Gasteiger partial charge in [0, 0.05) is 65.6 Å². The van der Waals surface area contributed by atoms with Gasteiger partial charge in [-0.3, -0.25) is 19.2 Å². The summed E-state index contributed by atoms with van der Waals surface area (Å²) in [7, 11) is 4.25. The van der Waals surface area contributed by atoms with Crippen molar-refractivity contribution in [3.8, 4) is 0 Å². The van der Waals surface area contributed by atoms with Gasteiger partial charge in [0.2, 0.25) is 5.79 Å². The van der Waals surface area contributed by atoms with E-state index in [9.17, 15) is 29.1 Å². The molecule has 1 N–H and O–H groups in total. The van der Waals surface area contributed by atoms with E-state index in [0.29, 0.717) is 63.9 Å². The first-order chi connectivity index (χ1) is 37.2. The zero-order valence-electron chi connectivity index (χ0n) is 51.2. The Hall–Kier alpha value is -3.23. The molecule has 0 spiro atoms. The third-order valence-electron chi connectivity index (χ3n) is 17.6. The van der Waals surface area contributed by atoms with Gasteiger partial charge in [0.1, 0.15) is 30.1 Å². The number of hydrogen-bond acceptors (Lipinski definition) is 15. The van der Waals surface area contributed by atoms with Crippen molar-refractivity contribution in [2.75, 3.05) is 61.4 Å². The summed E-state index contributed by atoms with van der Waals surface area (Å²) in [5.41, 5.74) is 1.52. The quantitative estimate of drug-likeness (QED) is 0.0535. The lowest BCUT2D eigenvalue weighted by molar-refractivity contribution is -0.266. The number of nitrogens with zero attached hydrogens (tertiary/aromatic N) is 1. The molecule has 0 aromatic heterocycles. The van der Waals surface area contributed by atoms with Gasteiger partial charge in [-0.05, 0) is 125 Å². The van der Waals surface area contributed by atoms with Crippen molar-refractivity contribution in [1.29, 1.82) is 0 Å². The summed E-state index contributed by atoms with van der Waals surface area (Å²) in [5, 5.41) is 12.3. The smallest absolute Gasteiger partial charge is 0.329 e. The Bertz CT molecular complexity index is 2100. The highest BCUT2D eigenvalue weighted by Gasteiger charge is 2.53. The summed E-state index contributed by atoms with van der Waals surface area (Å²) >= 11 is 0. The molecule has 15 atom stereocenters. The Labute approximate surface area is 475 Å². The van der Waals surface area contributed by atoms with E-state index in [2.05, 4.69) is 40.8 Å². The van der Waals surface area contributed by atoms with Crippen LogP contribution in [0.1, 0.15) is 146 Å². The fraction of sp³-hybridized carbons (Fsp3) is 0.790. The average Bonchev–Trinajstić information content (AvgIpc) is 3.43. The number of piperidine rings is 1. The SMILES string of the molecule is COCCOCCOC1C[C@@H]2CC[C@@H](C)[C@@](O)(O2)C(=O)C(=O)N2CCCC[C@H]2C(=O)O[C@H]([C@H](C)C[C@@H]2CCC(O[Si](C)(C)C(C)(C)C)[C@H](OC)C2)CC(=O)[C@H](C)/C=C(\C)[C@@H](OC)[C@@H](OC)C(=O)[C@H](C)C[C@H](C)/C=C/C=C/C=C/1C. The van der Waals surface area contributed by atoms with Gasteiger partial charge >= 0.3 is 5.97 Å². The Morgan fingerprint density at radius 1 is 0.797 bits per heavy atom. The topological polar surface area (TPSA) is 192 Å². The molecule has 2 saturated heterocycles. The third-order valence-corrected chi connectivity index (χ3v) is 22.1. The lowest BCUT2D eigenvalue weighted by atomic mass is 9.78. The molecule has 17 heteroatoms. The van der Waals surface area contributed by atoms with Gasteiger partial charge in [-0.1, -0.05) is 91.8 Å². The van der Waals surface area contributed by atoms with Crippen LogP contribution in [0, 0.1) is 35.5 Å². The fourth-order valence-electron chi connectivity index (χ4n) is 11.5. The number of ether oxygens (including phenoxy) is 8. The molecular weight excluding hydrogens is 1030 g/mol. The molecule has 0 aromatic carbocycles. The van der Waals surface area contributed by atoms with E-state index in [4.69, 9.17) is 42.3 Å². The predicted molar refractivity (Wildman–Crippen MR) is 308 cm³/mol. The lowest BCUT2D eigenvalue weighted by Gasteiger charge is -2.44. The molecule has 2 bridgehead atoms. The summed E-state index contributed by atoms with van der Waals surface area (Å²) in [5.74, 6) is -7.48. The second-order valence-corrected chi connectivity index (χ2v) is 29.6. The van der Waals surface area contributed by atoms with Crippen LogP contribution in [0.2, 0.25) is 18.1 Å². The number of rotatable bonds is 15. The van der Waals surface area contributed by atoms with Crippen LogP contribution < -0.4 is 0 Å². The molecule has 0 aromatic rings. The highest BCUT2D eigenvalue weighted by molar-refractivity contribution is 6.74. The molecule has 2 unspecified atom stereocenters. The summed E-state index contributed by atoms with van der Waals surface area (Å²) in [6.45, 7) is 25.9. The lowest BCUT2D eigenvalue weighted by Crippen LogP contribution is -2.61. The first-order valence-electron chi connectivity index (χ1n) is 29.4. The minimum Gasteiger partial charge on any atom is -0.460 e. The Kier molecular flexibility index (Phi) is 27.6. The molecule has 450 valence electrons. The van der Waals surface area contributed by atoms with Crippen LogP contribution in [0.15, 0.2) is 47.6 Å². The van der Waals surface area contributed by atoms with Crippen LogP contribution in [-0.4, -0.2) is 164 Å². The molecule has 4 aliphatic rings. The molecule has 1 saturated carbocycles. The second kappa shape index (κ2) is 32.0. The maximum absolute atomic E-state index is 14.8. The monoisotopic (exact) mass is 1130 g/mol. The molecule has 1 amide bonds. The van der Waals surface area contributed by atoms with Gasteiger partial charge < -0.3 is 52.3 Å². The summed E-state index contributed by atoms with van der Waals surface area (Å²) in [6, 6.07) is -1.14. The molecule has 16 nitrogen and oxygen atoms in total. The molecule has 3 aliphatic heterocycles. The molecule has 0 radical (unpaired) electrons. The highest BCUT2D eigenvalue weighted by Crippen LogP contribution is 2.42. The van der Waals surface area contributed by atoms with Crippen molar-refractivity contribution in [3.05, 3.63) is 47.6 Å². The number of ketones is 3. The number of hydrogen-bond donors (Lipinski definition) is 1. The number of carbonyl (C=O) groups excluding carboxylic acids is 5. The number of aliphatic hydroxyl groups is 1. The standard InChI is InChI=1S/C62H103NO15Si/c1-40-22-18-17-19-23-41(2)52(75-33-32-74-31-30-70-11)38-48-27-25-46(7)62(69,77-48)58(66)59(67)63-29-21-20-24-49(63)60(68)76-53(39-50(64)42(3)35-45(6)56(72-13)57(73-14)55(65)44(5)34-40)43(4)36-47-26-28-51(54(37-47)71-12)78-79(15,16)61(8,9)10/h17-19,22-23,35,40,42-44,46-49,51-54,56-57,69H,20-21,24-34,36-39H2,1-16H3/b19-17+,22-18+,41-23+,45-35+/t40-,42-,43-,44-,46-,47+,48+,49+,51?,52?,53+,54-,56-,57+,62-/m1/s1. The van der Waals surface area contributed by atoms with E-state index in [1.165, 1.54) is 19.1 Å². The van der Waals surface area contributed by atoms with Crippen molar-refractivity contribution in [3.63, 3.8) is 0 Å². The Morgan fingerprint density at radius 2 is 1.49 bits per heavy atom. The summed E-state index contributed by atoms with van der Waals surface area (Å²) < 4.78 is 54.8. The molecule has 1 aliphatic carbocycles. The van der Waals surface area contributed by atoms with Crippen molar-refractivity contribution in [2.45, 2.75) is 219 Å². The van der Waals surface area contributed by atoms with Crippen LogP contribution in [-0.2, 0) is 66.3 Å². The molecule has 3 heterocycles. The maximum Gasteiger partial charge on any atom is 0.329 e. The molecule has 4 rings (SSSR count). The first kappa shape index (κ1) is 68.3. The van der Waals surface area contributed by atoms with Crippen molar-refractivity contribution in [2.24, 2.45) is 35.5 Å². The largest absolute Gasteiger partial charge is 0.460 e. The second-order valence-electron chi connectivity index (χ2n) is 24.9. The number of Topliss-reactive ketones (excluding diaryl/α,β-unsaturated/α-hetero) is 3. The third kappa shape index (κ3) is 19.4. The van der Waals surface area contributed by atoms with E-state index in [0.717, 1.165) is 24.8 Å². The van der Waals surface area contributed by atoms with Crippen molar-refractivity contribution < 1.29 is 71.4 Å². The number of fused-ring (bicyclic) bond motifs is 3. The van der Waals surface area contributed by atoms with Crippen LogP contribution in [0.4, 0.5) is 0 Å². The normalized spacial score (nSPS) is 35.8. The minimum absolute atomic E-state index is 0.0318. The van der Waals surface area contributed by atoms with Crippen LogP contribution in [0.3, 0.4) is 0 Å². The van der Waals surface area contributed by atoms with E-state index in [1.807, 2.05) is 58.1 Å². The Balaban J connectivity index is 1.73. The van der Waals surface area contributed by atoms with Crippen molar-refractivity contribution in [1.82, 2.24) is 4.90 Å². The predicted octanol–water partition coefficient (Wildman–Crippen LogP) is 9.90. The number of methoxy groups -OCH3 is 4. The van der Waals surface area contributed by atoms with Crippen LogP contribution in [0.25, 0.3) is 0 Å². The van der Waals surface area contributed by atoms with Crippen LogP contribution in [0.5, 0.6) is 0 Å². The van der Waals surface area contributed by atoms with Gasteiger partial charge in [0.05, 0.1) is 50.8 Å². The maximum atomic E-state index is 14.8. The van der Waals surface area contributed by atoms with Gasteiger partial charge in [-0.25, -0.2) is 4.79 Å². The van der Waals surface area contributed by atoms with Gasteiger partial charge in [-0.2, -0.15) is 0 Å². The van der Waals surface area contributed by atoms with Gasteiger partial charge in [0.25, 0.3) is 11.7 Å². The molecule has 79 heavy (non-hydrogen) atoms. The molecular formula is C62H103NO15Si. The highest BCUT2D eigenvalue weighted by atomic mass is 28.4. The number of cyclic esters (lactones) is 1. The average molecular weight is 1130 g/mol. The number of allylic oxidation sites excluding steroid dienone is 6. The van der Waals surface area contributed by atoms with Gasteiger partial charge in [-0.15, -0.1) is 0 Å². The zero-order chi connectivity index (χ0) is 58.8. The number of esters is 1. The van der Waals surface area contributed by atoms with Crippen LogP contribution >= 0.6 is 0 Å². The van der Waals surface area contributed by atoms with Crippen molar-refractivity contribution >= 4 is 37.5 Å². The summed E-state index contributed by atoms with van der Waals surface area (Å²) in [6.07, 6.45) is 13.6.